The number of nitrogens with zero attached hydrogens (tertiary/aromatic N) is 2. The second-order valence-corrected chi connectivity index (χ2v) is 6.12. The maximum absolute atomic E-state index is 12.4. The van der Waals surface area contributed by atoms with Crippen LogP contribution in [0.2, 0.25) is 0 Å². The van der Waals surface area contributed by atoms with Crippen LogP contribution in [0.15, 0.2) is 48.8 Å². The predicted octanol–water partition coefficient (Wildman–Crippen LogP) is 3.95. The number of rotatable bonds is 4. The molecule has 0 bridgehead atoms. The number of carbonyl (C=O) groups excluding carboxylic acids is 1. The zero-order chi connectivity index (χ0) is 16.4. The third kappa shape index (κ3) is 3.26. The SMILES string of the molecule is Cc1cccn2cc(CC(=O)Nc3ccccc3C(C)C)nc12. The highest BCUT2D eigenvalue weighted by Crippen LogP contribution is 2.23. The number of pyridine rings is 1. The number of hydrogen-bond acceptors (Lipinski definition) is 2. The topological polar surface area (TPSA) is 46.4 Å². The summed E-state index contributed by atoms with van der Waals surface area (Å²) < 4.78 is 1.96. The van der Waals surface area contributed by atoms with Gasteiger partial charge in [0.2, 0.25) is 5.91 Å². The van der Waals surface area contributed by atoms with Crippen molar-refractivity contribution < 1.29 is 4.79 Å². The molecule has 2 aromatic heterocycles. The van der Waals surface area contributed by atoms with Gasteiger partial charge >= 0.3 is 0 Å². The van der Waals surface area contributed by atoms with E-state index in [1.807, 2.05) is 54.0 Å². The van der Waals surface area contributed by atoms with Crippen LogP contribution in [-0.2, 0) is 11.2 Å². The molecule has 23 heavy (non-hydrogen) atoms. The third-order valence-electron chi connectivity index (χ3n) is 3.93. The summed E-state index contributed by atoms with van der Waals surface area (Å²) in [5, 5.41) is 3.01. The number of imidazole rings is 1. The molecule has 0 saturated carbocycles. The van der Waals surface area contributed by atoms with Crippen molar-refractivity contribution in [2.75, 3.05) is 5.32 Å². The van der Waals surface area contributed by atoms with Crippen molar-refractivity contribution in [1.82, 2.24) is 9.38 Å². The highest BCUT2D eigenvalue weighted by molar-refractivity contribution is 5.93. The van der Waals surface area contributed by atoms with Crippen LogP contribution in [0.3, 0.4) is 0 Å². The van der Waals surface area contributed by atoms with Crippen molar-refractivity contribution in [3.8, 4) is 0 Å². The lowest BCUT2D eigenvalue weighted by atomic mass is 10.0. The molecule has 0 aliphatic carbocycles. The molecule has 1 N–H and O–H groups in total. The molecule has 0 atom stereocenters. The Labute approximate surface area is 136 Å². The Morgan fingerprint density at radius 1 is 1.22 bits per heavy atom. The lowest BCUT2D eigenvalue weighted by Gasteiger charge is -2.13. The molecule has 2 heterocycles. The Bertz CT molecular complexity index is 849. The number of nitrogens with one attached hydrogen (secondary N) is 1. The van der Waals surface area contributed by atoms with E-state index in [2.05, 4.69) is 30.2 Å². The first-order valence-corrected chi connectivity index (χ1v) is 7.86. The van der Waals surface area contributed by atoms with Gasteiger partial charge in [-0.1, -0.05) is 38.1 Å². The number of carbonyl (C=O) groups is 1. The minimum Gasteiger partial charge on any atom is -0.325 e. The fourth-order valence-electron chi connectivity index (χ4n) is 2.76. The Kier molecular flexibility index (Phi) is 4.15. The van der Waals surface area contributed by atoms with Gasteiger partial charge in [-0.3, -0.25) is 4.79 Å². The molecule has 0 fully saturated rings. The molecule has 0 radical (unpaired) electrons. The molecule has 0 aliphatic heterocycles. The number of anilines is 1. The lowest BCUT2D eigenvalue weighted by Crippen LogP contribution is -2.16. The number of fused-ring (bicyclic) bond motifs is 1. The molecule has 118 valence electrons. The van der Waals surface area contributed by atoms with Gasteiger partial charge in [0.05, 0.1) is 12.1 Å². The predicted molar refractivity (Wildman–Crippen MR) is 92.8 cm³/mol. The van der Waals surface area contributed by atoms with Crippen LogP contribution in [-0.4, -0.2) is 15.3 Å². The van der Waals surface area contributed by atoms with E-state index >= 15 is 0 Å². The zero-order valence-electron chi connectivity index (χ0n) is 13.7. The Morgan fingerprint density at radius 2 is 2.00 bits per heavy atom. The molecule has 3 rings (SSSR count). The molecule has 1 aromatic carbocycles. The van der Waals surface area contributed by atoms with Gasteiger partial charge in [0.25, 0.3) is 0 Å². The number of benzene rings is 1. The van der Waals surface area contributed by atoms with Crippen LogP contribution in [0.1, 0.15) is 36.6 Å². The quantitative estimate of drug-likeness (QED) is 0.793. The fraction of sp³-hybridized carbons (Fsp3) is 0.263. The molecule has 1 amide bonds. The molecule has 0 unspecified atom stereocenters. The minimum absolute atomic E-state index is 0.0424. The number of para-hydroxylation sites is 1. The summed E-state index contributed by atoms with van der Waals surface area (Å²) in [6.07, 6.45) is 4.13. The van der Waals surface area contributed by atoms with Crippen LogP contribution in [0.25, 0.3) is 5.65 Å². The Morgan fingerprint density at radius 3 is 2.74 bits per heavy atom. The van der Waals surface area contributed by atoms with Crippen LogP contribution < -0.4 is 5.32 Å². The number of aryl methyl sites for hydroxylation is 1. The molecule has 4 nitrogen and oxygen atoms in total. The van der Waals surface area contributed by atoms with E-state index in [1.165, 1.54) is 0 Å². The maximum Gasteiger partial charge on any atom is 0.230 e. The number of hydrogen-bond donors (Lipinski definition) is 1. The standard InChI is InChI=1S/C19H21N3O/c1-13(2)16-8-4-5-9-17(16)21-18(23)11-15-12-22-10-6-7-14(3)19(22)20-15/h4-10,12-13H,11H2,1-3H3,(H,21,23). The van der Waals surface area contributed by atoms with Crippen LogP contribution >= 0.6 is 0 Å². The Hall–Kier alpha value is -2.62. The second-order valence-electron chi connectivity index (χ2n) is 6.12. The van der Waals surface area contributed by atoms with Gasteiger partial charge in [-0.15, -0.1) is 0 Å². The molecule has 0 saturated heterocycles. The van der Waals surface area contributed by atoms with Crippen LogP contribution in [0.4, 0.5) is 5.69 Å². The van der Waals surface area contributed by atoms with Crippen molar-refractivity contribution in [3.05, 3.63) is 65.6 Å². The molecule has 3 aromatic rings. The van der Waals surface area contributed by atoms with Crippen LogP contribution in [0, 0.1) is 6.92 Å². The van der Waals surface area contributed by atoms with Gasteiger partial charge in [0, 0.05) is 18.1 Å². The maximum atomic E-state index is 12.4. The van der Waals surface area contributed by atoms with E-state index in [1.54, 1.807) is 0 Å². The van der Waals surface area contributed by atoms with Crippen LogP contribution in [0.5, 0.6) is 0 Å². The first-order valence-electron chi connectivity index (χ1n) is 7.86. The third-order valence-corrected chi connectivity index (χ3v) is 3.93. The zero-order valence-corrected chi connectivity index (χ0v) is 13.7. The second kappa shape index (κ2) is 6.24. The van der Waals surface area contributed by atoms with Crippen molar-refractivity contribution in [3.63, 3.8) is 0 Å². The van der Waals surface area contributed by atoms with Gasteiger partial charge in [-0.2, -0.15) is 0 Å². The van der Waals surface area contributed by atoms with Crippen molar-refractivity contribution in [2.45, 2.75) is 33.1 Å². The number of aromatic nitrogens is 2. The summed E-state index contributed by atoms with van der Waals surface area (Å²) in [5.74, 6) is 0.323. The summed E-state index contributed by atoms with van der Waals surface area (Å²) in [6, 6.07) is 11.9. The number of amides is 1. The summed E-state index contributed by atoms with van der Waals surface area (Å²) in [6.45, 7) is 6.26. The highest BCUT2D eigenvalue weighted by atomic mass is 16.1. The van der Waals surface area contributed by atoms with Crippen molar-refractivity contribution in [1.29, 1.82) is 0 Å². The molecule has 0 aliphatic rings. The average molecular weight is 307 g/mol. The fourth-order valence-corrected chi connectivity index (χ4v) is 2.76. The largest absolute Gasteiger partial charge is 0.325 e. The van der Waals surface area contributed by atoms with E-state index in [0.717, 1.165) is 28.2 Å². The van der Waals surface area contributed by atoms with Crippen molar-refractivity contribution in [2.24, 2.45) is 0 Å². The Balaban J connectivity index is 1.78. The summed E-state index contributed by atoms with van der Waals surface area (Å²) in [5.41, 5.74) is 4.81. The van der Waals surface area contributed by atoms with Gasteiger partial charge < -0.3 is 9.72 Å². The lowest BCUT2D eigenvalue weighted by molar-refractivity contribution is -0.115. The van der Waals surface area contributed by atoms with Crippen molar-refractivity contribution >= 4 is 17.2 Å². The van der Waals surface area contributed by atoms with Gasteiger partial charge in [-0.05, 0) is 36.1 Å². The van der Waals surface area contributed by atoms with Gasteiger partial charge in [-0.25, -0.2) is 4.98 Å². The molecule has 0 spiro atoms. The summed E-state index contributed by atoms with van der Waals surface area (Å²) in [4.78, 5) is 16.9. The van der Waals surface area contributed by atoms with Gasteiger partial charge in [0.1, 0.15) is 5.65 Å². The molecule has 4 heteroatoms. The van der Waals surface area contributed by atoms with E-state index in [0.29, 0.717) is 5.92 Å². The summed E-state index contributed by atoms with van der Waals surface area (Å²) >= 11 is 0. The minimum atomic E-state index is -0.0424. The first kappa shape index (κ1) is 15.3. The van der Waals surface area contributed by atoms with E-state index in [4.69, 9.17) is 0 Å². The van der Waals surface area contributed by atoms with Gasteiger partial charge in [0.15, 0.2) is 0 Å². The smallest absolute Gasteiger partial charge is 0.230 e. The average Bonchev–Trinajstić information content (AvgIpc) is 2.91. The van der Waals surface area contributed by atoms with E-state index < -0.39 is 0 Å². The normalized spacial score (nSPS) is 11.1. The highest BCUT2D eigenvalue weighted by Gasteiger charge is 2.12. The molecular formula is C19H21N3O. The van der Waals surface area contributed by atoms with E-state index in [9.17, 15) is 4.79 Å². The monoisotopic (exact) mass is 307 g/mol. The van der Waals surface area contributed by atoms with E-state index in [-0.39, 0.29) is 12.3 Å². The first-order chi connectivity index (χ1) is 11.0. The summed E-state index contributed by atoms with van der Waals surface area (Å²) in [7, 11) is 0. The molecular weight excluding hydrogens is 286 g/mol.